The Bertz CT molecular complexity index is 2660. The summed E-state index contributed by atoms with van der Waals surface area (Å²) in [5.74, 6) is 0.187. The molecule has 0 radical (unpaired) electrons. The number of nitrogens with two attached hydrogens (primary N) is 2. The van der Waals surface area contributed by atoms with Crippen molar-refractivity contribution in [3.8, 4) is 0 Å². The summed E-state index contributed by atoms with van der Waals surface area (Å²) in [5.41, 5.74) is 9.38. The first-order chi connectivity index (χ1) is 26.6. The lowest BCUT2D eigenvalue weighted by Crippen LogP contribution is -2.82. The van der Waals surface area contributed by atoms with Gasteiger partial charge >= 0.3 is 0 Å². The van der Waals surface area contributed by atoms with E-state index in [1.165, 1.54) is 0 Å². The normalized spacial score (nSPS) is 16.6. The molecule has 8 nitrogen and oxygen atoms in total. The molecular weight excluding hydrogens is 669 g/mol. The largest absolute Gasteiger partial charge is 0.421 e. The highest BCUT2D eigenvalue weighted by Crippen LogP contribution is 2.28. The van der Waals surface area contributed by atoms with Crippen molar-refractivity contribution in [3.05, 3.63) is 209 Å². The molecule has 0 aromatic heterocycles. The van der Waals surface area contributed by atoms with Crippen molar-refractivity contribution in [1.29, 1.82) is 10.8 Å². The van der Waals surface area contributed by atoms with Crippen molar-refractivity contribution in [2.45, 2.75) is 12.4 Å². The average molecular weight is 705 g/mol. The zero-order valence-electron chi connectivity index (χ0n) is 29.2. The van der Waals surface area contributed by atoms with E-state index >= 15 is 0 Å². The molecule has 6 N–H and O–H groups in total. The lowest BCUT2D eigenvalue weighted by atomic mass is 9.98. The highest BCUT2D eigenvalue weighted by atomic mass is 16.5. The molecule has 2 heterocycles. The number of nitrogens with one attached hydrogen (secondary N) is 2. The second-order valence-electron chi connectivity index (χ2n) is 13.3. The first kappa shape index (κ1) is 32.9. The number of nitrogens with zero attached hydrogens (tertiary/aromatic N) is 2. The maximum absolute atomic E-state index is 9.20. The number of ether oxygens (including phenoxy) is 2. The molecule has 2 atom stereocenters. The maximum Gasteiger partial charge on any atom is 0.283 e. The zero-order valence-corrected chi connectivity index (χ0v) is 29.2. The van der Waals surface area contributed by atoms with E-state index in [0.29, 0.717) is 22.6 Å². The van der Waals surface area contributed by atoms with Gasteiger partial charge in [0.05, 0.1) is 11.3 Å². The number of allylic oxidation sites excluding steroid dienone is 1. The summed E-state index contributed by atoms with van der Waals surface area (Å²) < 4.78 is 12.6. The van der Waals surface area contributed by atoms with Crippen LogP contribution in [0.25, 0.3) is 27.2 Å². The highest BCUT2D eigenvalue weighted by Gasteiger charge is 2.31. The van der Waals surface area contributed by atoms with E-state index in [2.05, 4.69) is 59.9 Å². The highest BCUT2D eigenvalue weighted by molar-refractivity contribution is 6.13. The summed E-state index contributed by atoms with van der Waals surface area (Å²) in [6.45, 7) is 0. The lowest BCUT2D eigenvalue weighted by Gasteiger charge is -2.21. The number of fused-ring (bicyclic) bond motifs is 2. The first-order valence-electron chi connectivity index (χ1n) is 17.9. The van der Waals surface area contributed by atoms with Crippen LogP contribution < -0.4 is 10.7 Å². The van der Waals surface area contributed by atoms with E-state index < -0.39 is 0 Å². The molecule has 8 heteroatoms. The molecule has 7 aromatic carbocycles. The van der Waals surface area contributed by atoms with E-state index in [9.17, 15) is 5.41 Å². The molecule has 54 heavy (non-hydrogen) atoms. The molecule has 0 bridgehead atoms. The van der Waals surface area contributed by atoms with Gasteiger partial charge in [-0.2, -0.15) is 5.43 Å². The van der Waals surface area contributed by atoms with Gasteiger partial charge < -0.3 is 9.47 Å². The molecule has 0 saturated carbocycles. The Morgan fingerprint density at radius 1 is 0.611 bits per heavy atom. The van der Waals surface area contributed by atoms with Gasteiger partial charge in [-0.3, -0.25) is 16.1 Å². The van der Waals surface area contributed by atoms with Crippen molar-refractivity contribution in [2.24, 2.45) is 10.1 Å². The van der Waals surface area contributed by atoms with Crippen LogP contribution in [0.4, 0.5) is 0 Å². The van der Waals surface area contributed by atoms with E-state index in [4.69, 9.17) is 25.0 Å². The van der Waals surface area contributed by atoms with Gasteiger partial charge in [0.1, 0.15) is 5.70 Å². The minimum absolute atomic E-state index is 0.103. The third-order valence-electron chi connectivity index (χ3n) is 9.83. The molecule has 260 valence electrons. The first-order valence-corrected chi connectivity index (χ1v) is 17.9. The molecule has 0 amide bonds. The number of hydrogen-bond acceptors (Lipinski definition) is 6. The molecule has 2 aliphatic heterocycles. The Labute approximate surface area is 312 Å². The summed E-state index contributed by atoms with van der Waals surface area (Å²) in [5, 5.41) is 29.2. The van der Waals surface area contributed by atoms with Crippen LogP contribution >= 0.6 is 0 Å². The quantitative estimate of drug-likeness (QED) is 0.0784. The Balaban J connectivity index is 1.11. The monoisotopic (exact) mass is 704 g/mol. The van der Waals surface area contributed by atoms with Gasteiger partial charge in [0.15, 0.2) is 0 Å². The fraction of sp³-hybridized carbons (Fsp3) is 0.0435. The average Bonchev–Trinajstić information content (AvgIpc) is 3.74. The van der Waals surface area contributed by atoms with Crippen molar-refractivity contribution >= 4 is 50.6 Å². The molecule has 0 aliphatic carbocycles. The predicted molar refractivity (Wildman–Crippen MR) is 213 cm³/mol. The van der Waals surface area contributed by atoms with Gasteiger partial charge in [-0.05, 0) is 57.0 Å². The number of quaternary nitrogens is 2. The van der Waals surface area contributed by atoms with E-state index in [1.807, 2.05) is 121 Å². The summed E-state index contributed by atoms with van der Waals surface area (Å²) in [7, 11) is 0. The molecular formula is C46H36N6O2+2. The topological polar surface area (TPSA) is 124 Å². The van der Waals surface area contributed by atoms with Crippen molar-refractivity contribution < 1.29 is 20.2 Å². The fourth-order valence-corrected chi connectivity index (χ4v) is 7.15. The van der Waals surface area contributed by atoms with E-state index in [0.717, 1.165) is 55.2 Å². The fourth-order valence-electron chi connectivity index (χ4n) is 7.15. The minimum Gasteiger partial charge on any atom is -0.421 e. The zero-order chi connectivity index (χ0) is 36.4. The van der Waals surface area contributed by atoms with Crippen molar-refractivity contribution in [1.82, 2.24) is 0 Å². The molecule has 0 spiro atoms. The van der Waals surface area contributed by atoms with Crippen LogP contribution in [0.5, 0.6) is 0 Å². The van der Waals surface area contributed by atoms with Gasteiger partial charge in [-0.15, -0.1) is 0 Å². The Hall–Kier alpha value is -7.00. The second kappa shape index (κ2) is 14.2. The van der Waals surface area contributed by atoms with Gasteiger partial charge in [0.25, 0.3) is 12.1 Å². The van der Waals surface area contributed by atoms with Crippen LogP contribution in [0.15, 0.2) is 180 Å². The Morgan fingerprint density at radius 2 is 1.26 bits per heavy atom. The minimum atomic E-state index is -0.381. The second-order valence-corrected chi connectivity index (χ2v) is 13.3. The smallest absolute Gasteiger partial charge is 0.283 e. The standard InChI is InChI=1S/C46H34N6O2/c47-42(53-43(48)38-23-11-19-29-13-7-9-21-36(29)38)34-25-33(41-28-40(31-15-3-1-4-16-31)49-44(50-41)32-17-5-2-6-18-32)26-35(27-34)45-51-52-46(54-45)39-24-12-20-30-14-8-10-22-37(30)39/h1-28,44,46-48,50,52H/p+2. The number of aliphatic imine (C=N–C) groups is 1. The third kappa shape index (κ3) is 6.47. The van der Waals surface area contributed by atoms with Crippen LogP contribution in [0.2, 0.25) is 0 Å². The van der Waals surface area contributed by atoms with Crippen LogP contribution in [0.1, 0.15) is 51.3 Å². The van der Waals surface area contributed by atoms with Crippen LogP contribution in [-0.4, -0.2) is 23.4 Å². The van der Waals surface area contributed by atoms with Gasteiger partial charge in [-0.1, -0.05) is 133 Å². The van der Waals surface area contributed by atoms with Gasteiger partial charge in [0, 0.05) is 39.5 Å². The maximum atomic E-state index is 9.20. The predicted octanol–water partition coefficient (Wildman–Crippen LogP) is 7.42. The van der Waals surface area contributed by atoms with Crippen LogP contribution in [0, 0.1) is 10.8 Å². The molecule has 7 aromatic rings. The number of benzene rings is 7. The molecule has 0 fully saturated rings. The van der Waals surface area contributed by atoms with Gasteiger partial charge in [-0.25, -0.2) is 4.99 Å². The third-order valence-corrected chi connectivity index (χ3v) is 9.83. The van der Waals surface area contributed by atoms with Crippen molar-refractivity contribution in [2.75, 3.05) is 0 Å². The van der Waals surface area contributed by atoms with E-state index in [-0.39, 0.29) is 24.2 Å². The summed E-state index contributed by atoms with van der Waals surface area (Å²) >= 11 is 0. The van der Waals surface area contributed by atoms with E-state index in [1.54, 1.807) is 0 Å². The molecule has 0 saturated heterocycles. The lowest BCUT2D eigenvalue weighted by molar-refractivity contribution is -0.719. The number of rotatable bonds is 7. The van der Waals surface area contributed by atoms with Gasteiger partial charge in [0.2, 0.25) is 18.0 Å². The van der Waals surface area contributed by atoms with Crippen LogP contribution in [0.3, 0.4) is 0 Å². The van der Waals surface area contributed by atoms with Crippen molar-refractivity contribution in [3.63, 3.8) is 0 Å². The Kier molecular flexibility index (Phi) is 8.64. The van der Waals surface area contributed by atoms with Crippen LogP contribution in [-0.2, 0) is 9.47 Å². The summed E-state index contributed by atoms with van der Waals surface area (Å²) in [6, 6.07) is 54.3. The number of hydrogen-bond donors (Lipinski definition) is 4. The molecule has 2 unspecified atom stereocenters. The Morgan fingerprint density at radius 3 is 2.06 bits per heavy atom. The molecule has 9 rings (SSSR count). The molecule has 2 aliphatic rings. The summed E-state index contributed by atoms with van der Waals surface area (Å²) in [4.78, 5) is 5.16. The summed E-state index contributed by atoms with van der Waals surface area (Å²) in [6.07, 6.45) is 1.48. The SMILES string of the molecule is N=C(OC(=N)c1cccc2ccccc12)c1cc(C2=CC(c3ccccc3)=NC(c3ccccc3)[NH2+]2)cc(C2=N[NH2+]C(c3cccc4ccccc34)O2)c1.